The van der Waals surface area contributed by atoms with Crippen molar-refractivity contribution in [2.24, 2.45) is 11.3 Å². The number of hydrogen-bond acceptors (Lipinski definition) is 3. The average Bonchev–Trinajstić information content (AvgIpc) is 3.21. The van der Waals surface area contributed by atoms with Crippen LogP contribution in [0.5, 0.6) is 0 Å². The molecule has 2 saturated heterocycles. The summed E-state index contributed by atoms with van der Waals surface area (Å²) in [5, 5.41) is 0. The third-order valence-corrected chi connectivity index (χ3v) is 6.36. The molecule has 0 aromatic carbocycles. The summed E-state index contributed by atoms with van der Waals surface area (Å²) in [6.45, 7) is 3.17. The number of rotatable bonds is 3. The molecule has 3 heterocycles. The SMILES string of the molecule is O=C1CCC2(CCN(C(=O)C3CC=CC3)CC2)CN1Cc1ccncc1. The van der Waals surface area contributed by atoms with Gasteiger partial charge in [0.25, 0.3) is 0 Å². The second-order valence-electron chi connectivity index (χ2n) is 8.07. The standard InChI is InChI=1S/C21H27N3O2/c25-19-5-8-21(16-24(19)15-17-6-11-22-12-7-17)9-13-23(14-10-21)20(26)18-3-1-2-4-18/h1-2,6-7,11-12,18H,3-5,8-10,13-16H2. The summed E-state index contributed by atoms with van der Waals surface area (Å²) >= 11 is 0. The highest BCUT2D eigenvalue weighted by Crippen LogP contribution is 2.41. The van der Waals surface area contributed by atoms with Crippen LogP contribution in [0.4, 0.5) is 0 Å². The van der Waals surface area contributed by atoms with Gasteiger partial charge < -0.3 is 9.80 Å². The zero-order valence-corrected chi connectivity index (χ0v) is 15.3. The van der Waals surface area contributed by atoms with Crippen LogP contribution >= 0.6 is 0 Å². The molecule has 0 bridgehead atoms. The average molecular weight is 353 g/mol. The topological polar surface area (TPSA) is 53.5 Å². The summed E-state index contributed by atoms with van der Waals surface area (Å²) in [6.07, 6.45) is 13.2. The second kappa shape index (κ2) is 7.22. The third kappa shape index (κ3) is 3.53. The van der Waals surface area contributed by atoms with Gasteiger partial charge in [-0.3, -0.25) is 14.6 Å². The van der Waals surface area contributed by atoms with Gasteiger partial charge in [-0.15, -0.1) is 0 Å². The number of amides is 2. The molecule has 2 fully saturated rings. The summed E-state index contributed by atoms with van der Waals surface area (Å²) < 4.78 is 0. The predicted molar refractivity (Wildman–Crippen MR) is 99.0 cm³/mol. The first kappa shape index (κ1) is 17.3. The van der Waals surface area contributed by atoms with E-state index < -0.39 is 0 Å². The van der Waals surface area contributed by atoms with Crippen molar-refractivity contribution in [1.29, 1.82) is 0 Å². The number of pyridine rings is 1. The van der Waals surface area contributed by atoms with E-state index in [-0.39, 0.29) is 17.2 Å². The van der Waals surface area contributed by atoms with Crippen molar-refractivity contribution in [3.8, 4) is 0 Å². The smallest absolute Gasteiger partial charge is 0.226 e. The molecule has 0 N–H and O–H groups in total. The number of piperidine rings is 2. The highest BCUT2D eigenvalue weighted by atomic mass is 16.2. The molecule has 5 heteroatoms. The van der Waals surface area contributed by atoms with Gasteiger partial charge in [-0.05, 0) is 55.2 Å². The molecule has 5 nitrogen and oxygen atoms in total. The fourth-order valence-corrected chi connectivity index (χ4v) is 4.64. The zero-order chi connectivity index (χ0) is 18.0. The van der Waals surface area contributed by atoms with Crippen molar-refractivity contribution in [3.05, 3.63) is 42.2 Å². The quantitative estimate of drug-likeness (QED) is 0.785. The molecule has 4 rings (SSSR count). The van der Waals surface area contributed by atoms with Crippen LogP contribution in [-0.4, -0.2) is 46.2 Å². The lowest BCUT2D eigenvalue weighted by Gasteiger charge is -2.47. The number of aromatic nitrogens is 1. The van der Waals surface area contributed by atoms with Crippen LogP contribution in [0.2, 0.25) is 0 Å². The Morgan fingerprint density at radius 1 is 1.12 bits per heavy atom. The largest absolute Gasteiger partial charge is 0.342 e. The first-order valence-corrected chi connectivity index (χ1v) is 9.76. The number of likely N-dealkylation sites (tertiary alicyclic amines) is 2. The van der Waals surface area contributed by atoms with Crippen molar-refractivity contribution in [3.63, 3.8) is 0 Å². The molecule has 1 aromatic rings. The Kier molecular flexibility index (Phi) is 4.79. The molecule has 2 aliphatic heterocycles. The Hall–Kier alpha value is -2.17. The van der Waals surface area contributed by atoms with E-state index in [0.29, 0.717) is 18.9 Å². The molecule has 1 spiro atoms. The second-order valence-corrected chi connectivity index (χ2v) is 8.07. The van der Waals surface area contributed by atoms with E-state index in [2.05, 4.69) is 22.0 Å². The molecule has 1 aliphatic carbocycles. The van der Waals surface area contributed by atoms with Gasteiger partial charge in [-0.1, -0.05) is 12.2 Å². The summed E-state index contributed by atoms with van der Waals surface area (Å²) in [5.41, 5.74) is 1.32. The fraction of sp³-hybridized carbons (Fsp3) is 0.571. The van der Waals surface area contributed by atoms with Crippen LogP contribution in [0.1, 0.15) is 44.1 Å². The number of nitrogens with zero attached hydrogens (tertiary/aromatic N) is 3. The highest BCUT2D eigenvalue weighted by Gasteiger charge is 2.42. The molecule has 3 aliphatic rings. The Morgan fingerprint density at radius 3 is 2.50 bits per heavy atom. The molecule has 0 atom stereocenters. The van der Waals surface area contributed by atoms with Gasteiger partial charge in [0.2, 0.25) is 11.8 Å². The maximum atomic E-state index is 12.6. The lowest BCUT2D eigenvalue weighted by molar-refractivity contribution is -0.144. The summed E-state index contributed by atoms with van der Waals surface area (Å²) in [7, 11) is 0. The predicted octanol–water partition coefficient (Wildman–Crippen LogP) is 2.78. The molecule has 2 amide bonds. The van der Waals surface area contributed by atoms with E-state index in [4.69, 9.17) is 0 Å². The van der Waals surface area contributed by atoms with Crippen LogP contribution in [-0.2, 0) is 16.1 Å². The van der Waals surface area contributed by atoms with E-state index >= 15 is 0 Å². The van der Waals surface area contributed by atoms with Crippen molar-refractivity contribution in [2.75, 3.05) is 19.6 Å². The van der Waals surface area contributed by atoms with Gasteiger partial charge in [0.05, 0.1) is 0 Å². The van der Waals surface area contributed by atoms with Crippen LogP contribution in [0.25, 0.3) is 0 Å². The Labute approximate surface area is 155 Å². The Morgan fingerprint density at radius 2 is 1.81 bits per heavy atom. The number of carbonyl (C=O) groups is 2. The number of carbonyl (C=O) groups excluding carboxylic acids is 2. The molecule has 0 radical (unpaired) electrons. The van der Waals surface area contributed by atoms with E-state index in [1.165, 1.54) is 0 Å². The van der Waals surface area contributed by atoms with Crippen molar-refractivity contribution >= 4 is 11.8 Å². The normalized spacial score (nSPS) is 23.0. The number of hydrogen-bond donors (Lipinski definition) is 0. The van der Waals surface area contributed by atoms with Gasteiger partial charge in [0.15, 0.2) is 0 Å². The van der Waals surface area contributed by atoms with Crippen LogP contribution in [0, 0.1) is 11.3 Å². The maximum Gasteiger partial charge on any atom is 0.226 e. The zero-order valence-electron chi connectivity index (χ0n) is 15.3. The van der Waals surface area contributed by atoms with Gasteiger partial charge in [-0.2, -0.15) is 0 Å². The maximum absolute atomic E-state index is 12.6. The Bertz CT molecular complexity index is 684. The van der Waals surface area contributed by atoms with Gasteiger partial charge in [0, 0.05) is 50.9 Å². The molecule has 0 unspecified atom stereocenters. The molecule has 138 valence electrons. The Balaban J connectivity index is 1.37. The fourth-order valence-electron chi connectivity index (χ4n) is 4.64. The monoisotopic (exact) mass is 353 g/mol. The highest BCUT2D eigenvalue weighted by molar-refractivity contribution is 5.80. The van der Waals surface area contributed by atoms with Gasteiger partial charge in [-0.25, -0.2) is 0 Å². The van der Waals surface area contributed by atoms with Crippen molar-refractivity contribution in [1.82, 2.24) is 14.8 Å². The third-order valence-electron chi connectivity index (χ3n) is 6.36. The minimum absolute atomic E-state index is 0.167. The van der Waals surface area contributed by atoms with E-state index in [1.807, 2.05) is 17.0 Å². The molecular weight excluding hydrogens is 326 g/mol. The first-order chi connectivity index (χ1) is 12.7. The molecule has 1 aromatic heterocycles. The first-order valence-electron chi connectivity index (χ1n) is 9.76. The van der Waals surface area contributed by atoms with Gasteiger partial charge >= 0.3 is 0 Å². The summed E-state index contributed by atoms with van der Waals surface area (Å²) in [6, 6.07) is 3.96. The van der Waals surface area contributed by atoms with Crippen LogP contribution in [0.3, 0.4) is 0 Å². The lowest BCUT2D eigenvalue weighted by Crippen LogP contribution is -2.52. The van der Waals surface area contributed by atoms with E-state index in [1.54, 1.807) is 12.4 Å². The molecular formula is C21H27N3O2. The lowest BCUT2D eigenvalue weighted by atomic mass is 9.72. The summed E-state index contributed by atoms with van der Waals surface area (Å²) in [4.78, 5) is 33.2. The van der Waals surface area contributed by atoms with Crippen LogP contribution in [0.15, 0.2) is 36.7 Å². The van der Waals surface area contributed by atoms with Crippen molar-refractivity contribution < 1.29 is 9.59 Å². The summed E-state index contributed by atoms with van der Waals surface area (Å²) in [5.74, 6) is 0.744. The van der Waals surface area contributed by atoms with E-state index in [9.17, 15) is 9.59 Å². The molecule has 26 heavy (non-hydrogen) atoms. The van der Waals surface area contributed by atoms with Gasteiger partial charge in [0.1, 0.15) is 0 Å². The minimum atomic E-state index is 0.167. The molecule has 0 saturated carbocycles. The van der Waals surface area contributed by atoms with E-state index in [0.717, 1.165) is 57.3 Å². The van der Waals surface area contributed by atoms with Crippen LogP contribution < -0.4 is 0 Å². The van der Waals surface area contributed by atoms with Crippen molar-refractivity contribution in [2.45, 2.75) is 45.1 Å². The number of allylic oxidation sites excluding steroid dienone is 2. The minimum Gasteiger partial charge on any atom is -0.342 e.